The number of fused-ring (bicyclic) bond motifs is 4. The van der Waals surface area contributed by atoms with Crippen molar-refractivity contribution >= 4 is 109 Å². The number of aromatic nitrogens is 16. The summed E-state index contributed by atoms with van der Waals surface area (Å²) in [7, 11) is 8.09. The number of rotatable bonds is 19. The van der Waals surface area contributed by atoms with Crippen molar-refractivity contribution in [3.63, 3.8) is 0 Å². The van der Waals surface area contributed by atoms with Gasteiger partial charge in [0.15, 0.2) is 45.9 Å². The first-order chi connectivity index (χ1) is 60.3. The molecular formula is C90H122Cl2N28O6. The van der Waals surface area contributed by atoms with E-state index in [2.05, 4.69) is 178 Å². The minimum Gasteiger partial charge on any atom is -0.444 e. The highest BCUT2D eigenvalue weighted by molar-refractivity contribution is 6.62. The highest BCUT2D eigenvalue weighted by Gasteiger charge is 2.31. The summed E-state index contributed by atoms with van der Waals surface area (Å²) in [5.41, 5.74) is 10.6. The lowest BCUT2D eigenvalue weighted by Crippen LogP contribution is -2.44. The van der Waals surface area contributed by atoms with Crippen LogP contribution in [0.2, 0.25) is 5.15 Å². The van der Waals surface area contributed by atoms with E-state index in [1.807, 2.05) is 173 Å². The smallest absolute Gasteiger partial charge is 0.410 e. The maximum Gasteiger partial charge on any atom is 0.410 e. The minimum absolute atomic E-state index is 0.146. The van der Waals surface area contributed by atoms with Crippen LogP contribution in [-0.2, 0) is 45.2 Å². The Labute approximate surface area is 747 Å². The zero-order valence-corrected chi connectivity index (χ0v) is 76.9. The lowest BCUT2D eigenvalue weighted by Gasteiger charge is -2.34. The molecule has 0 saturated carbocycles. The van der Waals surface area contributed by atoms with E-state index in [4.69, 9.17) is 36.4 Å². The molecule has 0 unspecified atom stereocenters. The molecule has 0 atom stereocenters. The van der Waals surface area contributed by atoms with E-state index in [0.29, 0.717) is 60.5 Å². The maximum atomic E-state index is 12.4. The second kappa shape index (κ2) is 44.6. The van der Waals surface area contributed by atoms with Gasteiger partial charge in [-0.25, -0.2) is 9.59 Å². The third-order valence-corrected chi connectivity index (χ3v) is 21.4. The monoisotopic (exact) mass is 1760 g/mol. The van der Waals surface area contributed by atoms with E-state index < -0.39 is 11.2 Å². The number of ether oxygens (including phenoxy) is 2. The highest BCUT2D eigenvalue weighted by Crippen LogP contribution is 2.31. The molecule has 0 spiro atoms. The fourth-order valence-corrected chi connectivity index (χ4v) is 14.9. The number of carbonyl (C=O) groups is 4. The van der Waals surface area contributed by atoms with Crippen molar-refractivity contribution in [2.75, 3.05) is 117 Å². The van der Waals surface area contributed by atoms with Gasteiger partial charge in [-0.3, -0.25) is 9.59 Å². The molecule has 0 aliphatic carbocycles. The summed E-state index contributed by atoms with van der Waals surface area (Å²) in [6.07, 6.45) is 6.84. The summed E-state index contributed by atoms with van der Waals surface area (Å²) in [6, 6.07) is 50.5. The van der Waals surface area contributed by atoms with Gasteiger partial charge in [0.05, 0.1) is 22.7 Å². The average Bonchev–Trinajstić information content (AvgIpc) is 1.67. The Kier molecular flexibility index (Phi) is 33.5. The Morgan fingerprint density at radius 1 is 0.413 bits per heavy atom. The quantitative estimate of drug-likeness (QED) is 0.0410. The highest BCUT2D eigenvalue weighted by atomic mass is 35.5. The SMILES string of the molecule is CC(=O)Cl.CC(=O)N1CCC(Nc2cc(N(C)Cc3ccccc3)nn3c(C)nnc23)CC1.CNCc1ccccc1.Cc1nnc2c(NC3CCN(C(=O)OC(C)(C)C)CC3)cc(Cl)nn12.Cc1nnc2c(NC3CCN(C(=O)OC(C)(C)C)CC3)cc(N(C)Cc3ccccc3)nn12.Cc1nnc2c(NC3CCNCC3)cc(N(C)Cc3ccccc3)nn12. The molecule has 36 heteroatoms. The van der Waals surface area contributed by atoms with Gasteiger partial charge in [0.2, 0.25) is 33.7 Å². The molecule has 4 saturated heterocycles. The number of anilines is 7. The number of nitrogens with zero attached hydrogens (tertiary/aromatic N) is 22. The lowest BCUT2D eigenvalue weighted by atomic mass is 10.0. The number of hydrogen-bond acceptors (Lipinski definition) is 27. The van der Waals surface area contributed by atoms with Crippen molar-refractivity contribution in [2.24, 2.45) is 0 Å². The van der Waals surface area contributed by atoms with Gasteiger partial charge in [0.1, 0.15) is 11.2 Å². The molecule has 34 nitrogen and oxygen atoms in total. The van der Waals surface area contributed by atoms with Crippen LogP contribution in [0.25, 0.3) is 22.6 Å². The number of hydrogen-bond donors (Lipinski definition) is 6. The van der Waals surface area contributed by atoms with Gasteiger partial charge in [0.25, 0.3) is 0 Å². The van der Waals surface area contributed by atoms with Gasteiger partial charge in [-0.15, -0.1) is 56.1 Å². The summed E-state index contributed by atoms with van der Waals surface area (Å²) in [6.45, 7) is 31.3. The molecular weight excluding hydrogens is 1640 g/mol. The average molecular weight is 1760 g/mol. The zero-order valence-electron chi connectivity index (χ0n) is 75.4. The zero-order chi connectivity index (χ0) is 90.2. The van der Waals surface area contributed by atoms with Crippen LogP contribution in [-0.4, -0.2) is 233 Å². The van der Waals surface area contributed by atoms with E-state index >= 15 is 0 Å². The number of halogens is 2. The fraction of sp³-hybridized carbons (Fsp3) is 0.467. The van der Waals surface area contributed by atoms with Crippen molar-refractivity contribution < 1.29 is 28.7 Å². The van der Waals surface area contributed by atoms with Crippen molar-refractivity contribution in [1.29, 1.82) is 0 Å². The standard InChI is InChI=1S/C24H33N7O2.C21H27N7O.C19H25N7.C16H23ClN6O2.C8H11N.C2H3ClO/c1-17-26-27-22-20(25-19-11-13-30(14-12-19)23(32)33-24(2,3)4)15-21(28-31(17)22)29(5)16-18-9-7-6-8-10-18;1-15-23-24-21-19(22-18-9-11-27(12-10-18)16(2)29)13-20(25-28(15)21)26(3)14-17-7-5-4-6-8-17;1-14-22-23-19-17(21-16-8-10-20-11-9-16)12-18(24-26(14)19)25(2)13-15-6-4-3-5-7-15;1-10-19-20-14-12(9-13(17)21-23(10)14)18-11-5-7-22(8-6-11)15(24)25-16(2,3)4;1-9-7-8-5-3-2-4-6-8;1-2(3)4/h6-10,15,19,25H,11-14,16H2,1-5H3;4-8,13,18,22H,9-12,14H2,1-3H3;3-7,12,16,20-21H,8-11,13H2,1-2H3;9,11,18H,5-8H2,1-4H3;2-6,9H,7H2,1H3;1H3. The van der Waals surface area contributed by atoms with Crippen molar-refractivity contribution in [2.45, 2.75) is 196 Å². The molecule has 4 aromatic carbocycles. The Hall–Kier alpha value is -12.1. The predicted molar refractivity (Wildman–Crippen MR) is 496 cm³/mol. The van der Waals surface area contributed by atoms with Crippen LogP contribution in [0.5, 0.6) is 0 Å². The van der Waals surface area contributed by atoms with Crippen LogP contribution < -0.4 is 46.6 Å². The molecule has 4 fully saturated rings. The van der Waals surface area contributed by atoms with E-state index in [-0.39, 0.29) is 35.4 Å². The Bertz CT molecular complexity index is 5480. The predicted octanol–water partition coefficient (Wildman–Crippen LogP) is 13.7. The number of likely N-dealkylation sites (tertiary alicyclic amines) is 3. The Balaban J connectivity index is 0.000000156. The van der Waals surface area contributed by atoms with Crippen molar-refractivity contribution in [1.82, 2.24) is 105 Å². The molecule has 12 heterocycles. The number of amides is 3. The van der Waals surface area contributed by atoms with Crippen LogP contribution in [0.3, 0.4) is 0 Å². The van der Waals surface area contributed by atoms with Crippen LogP contribution >= 0.6 is 23.2 Å². The summed E-state index contributed by atoms with van der Waals surface area (Å²) in [5, 5.41) is 73.2. The number of nitrogens with one attached hydrogen (secondary N) is 6. The molecule has 6 N–H and O–H groups in total. The fourth-order valence-electron chi connectivity index (χ4n) is 14.7. The molecule has 4 aliphatic rings. The van der Waals surface area contributed by atoms with Gasteiger partial charge in [-0.05, 0) is 175 Å². The van der Waals surface area contributed by atoms with E-state index in [0.717, 1.165) is 173 Å². The number of carbonyl (C=O) groups excluding carboxylic acids is 4. The Morgan fingerprint density at radius 2 is 0.683 bits per heavy atom. The lowest BCUT2D eigenvalue weighted by molar-refractivity contribution is -0.129. The second-order valence-electron chi connectivity index (χ2n) is 33.9. The largest absolute Gasteiger partial charge is 0.444 e. The van der Waals surface area contributed by atoms with Crippen molar-refractivity contribution in [3.8, 4) is 0 Å². The topological polar surface area (TPSA) is 351 Å². The first-order valence-electron chi connectivity index (χ1n) is 43.0. The molecule has 126 heavy (non-hydrogen) atoms. The molecule has 16 rings (SSSR count). The maximum absolute atomic E-state index is 12.4. The summed E-state index contributed by atoms with van der Waals surface area (Å²) < 4.78 is 18.0. The van der Waals surface area contributed by atoms with Gasteiger partial charge >= 0.3 is 12.2 Å². The molecule has 0 bridgehead atoms. The first-order valence-corrected chi connectivity index (χ1v) is 43.7. The van der Waals surface area contributed by atoms with Crippen LogP contribution in [0.15, 0.2) is 146 Å². The van der Waals surface area contributed by atoms with Gasteiger partial charge < -0.3 is 70.8 Å². The van der Waals surface area contributed by atoms with Crippen LogP contribution in [0.4, 0.5) is 49.8 Å². The summed E-state index contributed by atoms with van der Waals surface area (Å²) in [4.78, 5) is 57.1. The van der Waals surface area contributed by atoms with E-state index in [1.165, 1.54) is 29.2 Å². The van der Waals surface area contributed by atoms with Crippen molar-refractivity contribution in [3.05, 3.63) is 196 Å². The third kappa shape index (κ3) is 27.7. The minimum atomic E-state index is -0.484. The van der Waals surface area contributed by atoms with Crippen LogP contribution in [0.1, 0.15) is 152 Å². The summed E-state index contributed by atoms with van der Waals surface area (Å²) in [5.74, 6) is 5.71. The molecule has 8 aromatic heterocycles. The molecule has 12 aromatic rings. The van der Waals surface area contributed by atoms with Gasteiger partial charge in [0, 0.05) is 149 Å². The molecule has 4 aliphatic heterocycles. The number of piperidine rings is 4. The third-order valence-electron chi connectivity index (χ3n) is 21.2. The van der Waals surface area contributed by atoms with E-state index in [1.54, 1.807) is 36.3 Å². The molecule has 0 radical (unpaired) electrons. The first kappa shape index (κ1) is 94.5. The normalized spacial score (nSPS) is 14.6. The molecule has 3 amide bonds. The van der Waals surface area contributed by atoms with Gasteiger partial charge in [-0.2, -0.15) is 23.2 Å². The Morgan fingerprint density at radius 3 is 0.968 bits per heavy atom. The van der Waals surface area contributed by atoms with Gasteiger partial charge in [-0.1, -0.05) is 133 Å². The molecule has 672 valence electrons. The van der Waals surface area contributed by atoms with E-state index in [9.17, 15) is 19.2 Å². The second-order valence-corrected chi connectivity index (χ2v) is 34.9. The van der Waals surface area contributed by atoms with Crippen LogP contribution in [0, 0.1) is 27.7 Å². The number of benzene rings is 4. The summed E-state index contributed by atoms with van der Waals surface area (Å²) >= 11 is 10.7. The number of aryl methyl sites for hydroxylation is 4.